The molecule has 0 aliphatic heterocycles. The summed E-state index contributed by atoms with van der Waals surface area (Å²) < 4.78 is 21.7. The first-order chi connectivity index (χ1) is 5.02. The van der Waals surface area contributed by atoms with E-state index in [0.29, 0.717) is 5.56 Å². The van der Waals surface area contributed by atoms with Crippen LogP contribution in [0.1, 0.15) is 5.56 Å². The van der Waals surface area contributed by atoms with Crippen LogP contribution in [0, 0.1) is 6.92 Å². The maximum atomic E-state index is 10.8. The van der Waals surface area contributed by atoms with Crippen molar-refractivity contribution in [3.05, 3.63) is 29.8 Å². The van der Waals surface area contributed by atoms with Gasteiger partial charge in [-0.15, -0.1) is 24.8 Å². The molecule has 0 spiro atoms. The summed E-state index contributed by atoms with van der Waals surface area (Å²) in [4.78, 5) is 0.194. The lowest BCUT2D eigenvalue weighted by Crippen LogP contribution is -2.13. The average Bonchev–Trinajstić information content (AvgIpc) is 1.86. The fourth-order valence-electron chi connectivity index (χ4n) is 0.876. The second-order valence-corrected chi connectivity index (χ2v) is 3.84. The van der Waals surface area contributed by atoms with E-state index in [4.69, 9.17) is 5.14 Å². The van der Waals surface area contributed by atoms with E-state index in [2.05, 4.69) is 0 Å². The number of hydrogen-bond acceptors (Lipinski definition) is 2. The number of primary sulfonamides is 1. The Morgan fingerprint density at radius 2 is 1.62 bits per heavy atom. The van der Waals surface area contributed by atoms with Crippen molar-refractivity contribution < 1.29 is 8.42 Å². The molecule has 0 aromatic heterocycles. The average molecular weight is 244 g/mol. The Kier molecular flexibility index (Phi) is 6.36. The molecule has 0 saturated heterocycles. The predicted octanol–water partition coefficient (Wildman–Crippen LogP) is 1.49. The highest BCUT2D eigenvalue weighted by molar-refractivity contribution is 7.89. The van der Waals surface area contributed by atoms with Gasteiger partial charge in [0.2, 0.25) is 10.0 Å². The van der Waals surface area contributed by atoms with Crippen LogP contribution in [0.25, 0.3) is 0 Å². The molecule has 6 heteroatoms. The highest BCUT2D eigenvalue weighted by Gasteiger charge is 2.08. The van der Waals surface area contributed by atoms with Gasteiger partial charge >= 0.3 is 0 Å². The van der Waals surface area contributed by atoms with Gasteiger partial charge in [0.1, 0.15) is 0 Å². The van der Waals surface area contributed by atoms with Crippen LogP contribution in [0.5, 0.6) is 0 Å². The molecule has 1 rings (SSSR count). The van der Waals surface area contributed by atoms with Gasteiger partial charge < -0.3 is 0 Å². The lowest BCUT2D eigenvalue weighted by Gasteiger charge is -2.00. The minimum atomic E-state index is -3.53. The third-order valence-electron chi connectivity index (χ3n) is 1.40. The molecule has 3 nitrogen and oxygen atoms in total. The van der Waals surface area contributed by atoms with Gasteiger partial charge in [-0.1, -0.05) is 18.2 Å². The summed E-state index contributed by atoms with van der Waals surface area (Å²) in [6, 6.07) is 6.61. The molecule has 1 aromatic carbocycles. The van der Waals surface area contributed by atoms with Gasteiger partial charge in [0.15, 0.2) is 0 Å². The third kappa shape index (κ3) is 3.95. The smallest absolute Gasteiger partial charge is 0.225 e. The number of aryl methyl sites for hydroxylation is 1. The molecule has 76 valence electrons. The fraction of sp³-hybridized carbons (Fsp3) is 0.143. The van der Waals surface area contributed by atoms with Gasteiger partial charge in [0, 0.05) is 0 Å². The largest absolute Gasteiger partial charge is 0.238 e. The Morgan fingerprint density at radius 3 is 1.92 bits per heavy atom. The molecule has 0 unspecified atom stereocenters. The van der Waals surface area contributed by atoms with Crippen molar-refractivity contribution >= 4 is 34.8 Å². The number of benzene rings is 1. The summed E-state index contributed by atoms with van der Waals surface area (Å²) >= 11 is 0. The number of sulfonamides is 1. The summed E-state index contributed by atoms with van der Waals surface area (Å²) in [5.41, 5.74) is 0.676. The summed E-state index contributed by atoms with van der Waals surface area (Å²) in [6.07, 6.45) is 0. The molecule has 0 aliphatic rings. The minimum Gasteiger partial charge on any atom is -0.225 e. The fourth-order valence-corrected chi connectivity index (χ4v) is 1.66. The zero-order chi connectivity index (χ0) is 8.48. The summed E-state index contributed by atoms with van der Waals surface area (Å²) in [6.45, 7) is 1.71. The number of hydrogen-bond donors (Lipinski definition) is 1. The van der Waals surface area contributed by atoms with Gasteiger partial charge in [-0.3, -0.25) is 0 Å². The van der Waals surface area contributed by atoms with Crippen molar-refractivity contribution in [2.75, 3.05) is 0 Å². The highest BCUT2D eigenvalue weighted by Crippen LogP contribution is 2.10. The van der Waals surface area contributed by atoms with Crippen molar-refractivity contribution in [3.8, 4) is 0 Å². The molecule has 0 fully saturated rings. The minimum absolute atomic E-state index is 0. The number of nitrogens with two attached hydrogens (primary N) is 1. The van der Waals surface area contributed by atoms with E-state index in [1.807, 2.05) is 0 Å². The van der Waals surface area contributed by atoms with Crippen LogP contribution in [-0.4, -0.2) is 8.42 Å². The number of rotatable bonds is 1. The Morgan fingerprint density at radius 1 is 1.15 bits per heavy atom. The third-order valence-corrected chi connectivity index (χ3v) is 2.47. The summed E-state index contributed by atoms with van der Waals surface area (Å²) in [5.74, 6) is 0. The first-order valence-electron chi connectivity index (χ1n) is 3.10. The monoisotopic (exact) mass is 243 g/mol. The van der Waals surface area contributed by atoms with Crippen LogP contribution >= 0.6 is 24.8 Å². The van der Waals surface area contributed by atoms with Crippen molar-refractivity contribution in [2.24, 2.45) is 5.14 Å². The summed E-state index contributed by atoms with van der Waals surface area (Å²) in [5, 5.41) is 4.93. The molecule has 0 radical (unpaired) electrons. The molecule has 2 N–H and O–H groups in total. The summed E-state index contributed by atoms with van der Waals surface area (Å²) in [7, 11) is -3.53. The van der Waals surface area contributed by atoms with Crippen LogP contribution in [0.15, 0.2) is 29.2 Å². The van der Waals surface area contributed by atoms with E-state index < -0.39 is 10.0 Å². The van der Waals surface area contributed by atoms with E-state index in [9.17, 15) is 8.42 Å². The van der Waals surface area contributed by atoms with Crippen LogP contribution < -0.4 is 5.14 Å². The maximum absolute atomic E-state index is 10.8. The Hall–Kier alpha value is -0.290. The molecule has 0 atom stereocenters. The molecule has 0 bridgehead atoms. The standard InChI is InChI=1S/C7H9NO2S.2ClH/c1-6-4-2-3-5-7(6)11(8,9)10;;/h2-5H,1H3,(H2,8,9,10);2*1H. The maximum Gasteiger partial charge on any atom is 0.238 e. The van der Waals surface area contributed by atoms with Crippen molar-refractivity contribution in [1.29, 1.82) is 0 Å². The zero-order valence-electron chi connectivity index (χ0n) is 6.93. The van der Waals surface area contributed by atoms with Gasteiger partial charge in [-0.05, 0) is 18.6 Å². The van der Waals surface area contributed by atoms with Crippen LogP contribution in [0.3, 0.4) is 0 Å². The van der Waals surface area contributed by atoms with Gasteiger partial charge in [0.25, 0.3) is 0 Å². The van der Waals surface area contributed by atoms with Gasteiger partial charge in [-0.25, -0.2) is 13.6 Å². The van der Waals surface area contributed by atoms with E-state index in [1.165, 1.54) is 6.07 Å². The molecule has 0 heterocycles. The highest BCUT2D eigenvalue weighted by atomic mass is 35.5. The number of halogens is 2. The zero-order valence-corrected chi connectivity index (χ0v) is 9.38. The van der Waals surface area contributed by atoms with Crippen molar-refractivity contribution in [2.45, 2.75) is 11.8 Å². The second-order valence-electron chi connectivity index (χ2n) is 2.31. The van der Waals surface area contributed by atoms with Gasteiger partial charge in [0.05, 0.1) is 4.90 Å². The Balaban J connectivity index is 0. The topological polar surface area (TPSA) is 60.2 Å². The molecular formula is C7H11Cl2NO2S. The Bertz CT molecular complexity index is 365. The van der Waals surface area contributed by atoms with Crippen molar-refractivity contribution in [3.63, 3.8) is 0 Å². The normalized spacial score (nSPS) is 9.69. The molecule has 0 aliphatic carbocycles. The van der Waals surface area contributed by atoms with E-state index >= 15 is 0 Å². The molecular weight excluding hydrogens is 233 g/mol. The Labute approximate surface area is 90.2 Å². The molecule has 0 saturated carbocycles. The lowest BCUT2D eigenvalue weighted by molar-refractivity contribution is 0.597. The molecule has 0 amide bonds. The second kappa shape index (κ2) is 5.44. The SMILES string of the molecule is Cc1ccccc1S(N)(=O)=O.Cl.Cl. The quantitative estimate of drug-likeness (QED) is 0.813. The predicted molar refractivity (Wildman–Crippen MR) is 57.0 cm³/mol. The molecule has 13 heavy (non-hydrogen) atoms. The van der Waals surface area contributed by atoms with Crippen LogP contribution in [-0.2, 0) is 10.0 Å². The van der Waals surface area contributed by atoms with E-state index in [-0.39, 0.29) is 29.7 Å². The van der Waals surface area contributed by atoms with E-state index in [1.54, 1.807) is 25.1 Å². The van der Waals surface area contributed by atoms with Crippen molar-refractivity contribution in [1.82, 2.24) is 0 Å². The molecule has 1 aromatic rings. The van der Waals surface area contributed by atoms with Crippen LogP contribution in [0.4, 0.5) is 0 Å². The van der Waals surface area contributed by atoms with Crippen LogP contribution in [0.2, 0.25) is 0 Å². The first kappa shape index (κ1) is 15.2. The lowest BCUT2D eigenvalue weighted by atomic mass is 10.2. The first-order valence-corrected chi connectivity index (χ1v) is 4.65. The van der Waals surface area contributed by atoms with E-state index in [0.717, 1.165) is 0 Å². The van der Waals surface area contributed by atoms with Gasteiger partial charge in [-0.2, -0.15) is 0 Å².